The van der Waals surface area contributed by atoms with Gasteiger partial charge >= 0.3 is 0 Å². The van der Waals surface area contributed by atoms with Gasteiger partial charge in [-0.1, -0.05) is 29.8 Å². The average molecular weight is 246 g/mol. The standard InChI is InChI=1S/C15H14ClO/c1-17-15-4-2-3-13(11-15)6-5-12-7-9-14(16)10-8-12/h2,4,7-11H,5-6H2,1H3. The average Bonchev–Trinajstić information content (AvgIpc) is 2.38. The molecule has 0 heterocycles. The van der Waals surface area contributed by atoms with Crippen molar-refractivity contribution in [2.45, 2.75) is 12.8 Å². The van der Waals surface area contributed by atoms with Crippen LogP contribution in [0.15, 0.2) is 42.5 Å². The van der Waals surface area contributed by atoms with E-state index in [1.165, 1.54) is 11.1 Å². The third-order valence-electron chi connectivity index (χ3n) is 2.66. The lowest BCUT2D eigenvalue weighted by atomic mass is 10.0. The highest BCUT2D eigenvalue weighted by molar-refractivity contribution is 6.30. The van der Waals surface area contributed by atoms with Crippen LogP contribution in [0.2, 0.25) is 5.02 Å². The molecule has 0 saturated carbocycles. The molecule has 0 fully saturated rings. The van der Waals surface area contributed by atoms with E-state index in [1.54, 1.807) is 7.11 Å². The maximum absolute atomic E-state index is 5.85. The highest BCUT2D eigenvalue weighted by Crippen LogP contribution is 2.15. The summed E-state index contributed by atoms with van der Waals surface area (Å²) in [5, 5.41) is 0.779. The summed E-state index contributed by atoms with van der Waals surface area (Å²) in [7, 11) is 1.68. The molecule has 0 N–H and O–H groups in total. The fourth-order valence-electron chi connectivity index (χ4n) is 1.69. The minimum absolute atomic E-state index is 0.779. The zero-order chi connectivity index (χ0) is 12.1. The van der Waals surface area contributed by atoms with Gasteiger partial charge in [-0.3, -0.25) is 0 Å². The molecule has 0 spiro atoms. The number of ether oxygens (including phenoxy) is 1. The first kappa shape index (κ1) is 12.0. The molecule has 17 heavy (non-hydrogen) atoms. The van der Waals surface area contributed by atoms with Crippen LogP contribution in [0.1, 0.15) is 11.1 Å². The molecule has 2 rings (SSSR count). The van der Waals surface area contributed by atoms with Gasteiger partial charge in [0.2, 0.25) is 0 Å². The van der Waals surface area contributed by atoms with Crippen molar-refractivity contribution >= 4 is 11.6 Å². The number of rotatable bonds is 4. The van der Waals surface area contributed by atoms with E-state index in [0.29, 0.717) is 0 Å². The van der Waals surface area contributed by atoms with Crippen molar-refractivity contribution < 1.29 is 4.74 Å². The number of halogens is 1. The van der Waals surface area contributed by atoms with Crippen molar-refractivity contribution in [3.8, 4) is 5.75 Å². The van der Waals surface area contributed by atoms with Gasteiger partial charge in [-0.2, -0.15) is 0 Å². The molecule has 87 valence electrons. The largest absolute Gasteiger partial charge is 0.497 e. The van der Waals surface area contributed by atoms with Crippen molar-refractivity contribution in [3.63, 3.8) is 0 Å². The summed E-state index contributed by atoms with van der Waals surface area (Å²) < 4.78 is 5.19. The minimum atomic E-state index is 0.779. The normalized spacial score (nSPS) is 10.2. The van der Waals surface area contributed by atoms with Gasteiger partial charge in [0.05, 0.1) is 7.11 Å². The number of methoxy groups -OCH3 is 1. The topological polar surface area (TPSA) is 9.23 Å². The van der Waals surface area contributed by atoms with Crippen LogP contribution < -0.4 is 4.74 Å². The third-order valence-corrected chi connectivity index (χ3v) is 2.92. The van der Waals surface area contributed by atoms with Crippen molar-refractivity contribution in [1.29, 1.82) is 0 Å². The van der Waals surface area contributed by atoms with Gasteiger partial charge in [0.1, 0.15) is 5.75 Å². The predicted octanol–water partition coefficient (Wildman–Crippen LogP) is 3.93. The lowest BCUT2D eigenvalue weighted by molar-refractivity contribution is 0.414. The monoisotopic (exact) mass is 245 g/mol. The van der Waals surface area contributed by atoms with E-state index in [4.69, 9.17) is 16.3 Å². The molecular weight excluding hydrogens is 232 g/mol. The zero-order valence-corrected chi connectivity index (χ0v) is 10.5. The molecule has 0 bridgehead atoms. The van der Waals surface area contributed by atoms with Crippen LogP contribution in [0.25, 0.3) is 0 Å². The van der Waals surface area contributed by atoms with E-state index in [0.717, 1.165) is 23.6 Å². The van der Waals surface area contributed by atoms with E-state index >= 15 is 0 Å². The summed E-state index contributed by atoms with van der Waals surface area (Å²) in [6.07, 6.45) is 1.94. The van der Waals surface area contributed by atoms with Crippen molar-refractivity contribution in [1.82, 2.24) is 0 Å². The van der Waals surface area contributed by atoms with Gasteiger partial charge in [-0.25, -0.2) is 0 Å². The lowest BCUT2D eigenvalue weighted by Gasteiger charge is -2.04. The molecule has 2 aromatic rings. The van der Waals surface area contributed by atoms with Crippen LogP contribution >= 0.6 is 11.6 Å². The first-order valence-electron chi connectivity index (χ1n) is 5.57. The fourth-order valence-corrected chi connectivity index (χ4v) is 1.82. The molecule has 2 aromatic carbocycles. The Hall–Kier alpha value is -1.47. The summed E-state index contributed by atoms with van der Waals surface area (Å²) in [4.78, 5) is 0. The first-order chi connectivity index (χ1) is 8.28. The van der Waals surface area contributed by atoms with Crippen molar-refractivity contribution in [2.24, 2.45) is 0 Å². The third kappa shape index (κ3) is 3.50. The van der Waals surface area contributed by atoms with Gasteiger partial charge in [0.25, 0.3) is 0 Å². The summed E-state index contributed by atoms with van der Waals surface area (Å²) in [6, 6.07) is 17.0. The predicted molar refractivity (Wildman–Crippen MR) is 70.7 cm³/mol. The highest BCUT2D eigenvalue weighted by atomic mass is 35.5. The number of benzene rings is 2. The SMILES string of the molecule is COc1cc[c]c(CCc2ccc(Cl)cc2)c1. The molecule has 0 unspecified atom stereocenters. The van der Waals surface area contributed by atoms with Crippen molar-refractivity contribution in [3.05, 3.63) is 64.7 Å². The Balaban J connectivity index is 1.99. The molecule has 1 radical (unpaired) electrons. The highest BCUT2D eigenvalue weighted by Gasteiger charge is 1.98. The lowest BCUT2D eigenvalue weighted by Crippen LogP contribution is -1.92. The van der Waals surface area contributed by atoms with E-state index < -0.39 is 0 Å². The Morgan fingerprint density at radius 3 is 2.59 bits per heavy atom. The quantitative estimate of drug-likeness (QED) is 0.793. The van der Waals surface area contributed by atoms with Crippen LogP contribution in [-0.2, 0) is 12.8 Å². The Kier molecular flexibility index (Phi) is 4.05. The van der Waals surface area contributed by atoms with Gasteiger partial charge in [0, 0.05) is 5.02 Å². The smallest absolute Gasteiger partial charge is 0.119 e. The van der Waals surface area contributed by atoms with E-state index in [9.17, 15) is 0 Å². The van der Waals surface area contributed by atoms with E-state index in [2.05, 4.69) is 18.2 Å². The molecule has 0 atom stereocenters. The summed E-state index contributed by atoms with van der Waals surface area (Å²) in [5.41, 5.74) is 2.45. The Morgan fingerprint density at radius 2 is 1.88 bits per heavy atom. The molecule has 0 aliphatic carbocycles. The molecule has 2 heteroatoms. The van der Waals surface area contributed by atoms with E-state index in [1.807, 2.05) is 30.3 Å². The molecule has 0 amide bonds. The van der Waals surface area contributed by atoms with Crippen LogP contribution in [0.5, 0.6) is 5.75 Å². The van der Waals surface area contributed by atoms with Crippen LogP contribution in [-0.4, -0.2) is 7.11 Å². The second-order valence-corrected chi connectivity index (χ2v) is 4.32. The molecule has 1 nitrogen and oxygen atoms in total. The molecule has 0 aromatic heterocycles. The fraction of sp³-hybridized carbons (Fsp3) is 0.200. The van der Waals surface area contributed by atoms with Gasteiger partial charge in [-0.15, -0.1) is 0 Å². The molecular formula is C15H14ClO. The maximum Gasteiger partial charge on any atom is 0.119 e. The number of hydrogen-bond acceptors (Lipinski definition) is 1. The molecule has 0 saturated heterocycles. The molecule has 0 aliphatic rings. The first-order valence-corrected chi connectivity index (χ1v) is 5.95. The Labute approximate surface area is 107 Å². The second-order valence-electron chi connectivity index (χ2n) is 3.88. The van der Waals surface area contributed by atoms with Gasteiger partial charge in [0.15, 0.2) is 0 Å². The summed E-state index contributed by atoms with van der Waals surface area (Å²) in [5.74, 6) is 0.884. The Bertz CT molecular complexity index is 477. The number of hydrogen-bond donors (Lipinski definition) is 0. The van der Waals surface area contributed by atoms with Crippen LogP contribution in [0, 0.1) is 6.07 Å². The molecule has 0 aliphatic heterocycles. The Morgan fingerprint density at radius 1 is 1.12 bits per heavy atom. The minimum Gasteiger partial charge on any atom is -0.497 e. The van der Waals surface area contributed by atoms with Gasteiger partial charge in [-0.05, 0) is 54.3 Å². The summed E-state index contributed by atoms with van der Waals surface area (Å²) in [6.45, 7) is 0. The van der Waals surface area contributed by atoms with Crippen LogP contribution in [0.4, 0.5) is 0 Å². The maximum atomic E-state index is 5.85. The van der Waals surface area contributed by atoms with Crippen molar-refractivity contribution in [2.75, 3.05) is 7.11 Å². The van der Waals surface area contributed by atoms with Gasteiger partial charge < -0.3 is 4.74 Å². The summed E-state index contributed by atoms with van der Waals surface area (Å²) >= 11 is 5.85. The van der Waals surface area contributed by atoms with Crippen LogP contribution in [0.3, 0.4) is 0 Å². The zero-order valence-electron chi connectivity index (χ0n) is 9.74. The number of aryl methyl sites for hydroxylation is 2. The van der Waals surface area contributed by atoms with E-state index in [-0.39, 0.29) is 0 Å². The second kappa shape index (κ2) is 5.74.